The number of nitrogen functional groups attached to an aromatic ring is 1. The molecule has 2 N–H and O–H groups in total. The first-order chi connectivity index (χ1) is 8.52. The van der Waals surface area contributed by atoms with Crippen LogP contribution in [0.4, 0.5) is 10.2 Å². The lowest BCUT2D eigenvalue weighted by atomic mass is 10.1. The van der Waals surface area contributed by atoms with Gasteiger partial charge < -0.3 is 5.73 Å². The van der Waals surface area contributed by atoms with Crippen molar-refractivity contribution < 1.29 is 4.39 Å². The quantitative estimate of drug-likeness (QED) is 0.906. The van der Waals surface area contributed by atoms with Gasteiger partial charge >= 0.3 is 0 Å². The Morgan fingerprint density at radius 1 is 1.33 bits per heavy atom. The molecule has 0 unspecified atom stereocenters. The highest BCUT2D eigenvalue weighted by molar-refractivity contribution is 6.31. The van der Waals surface area contributed by atoms with Gasteiger partial charge in [-0.1, -0.05) is 18.5 Å². The molecule has 0 fully saturated rings. The Labute approximate surface area is 110 Å². The summed E-state index contributed by atoms with van der Waals surface area (Å²) in [5.41, 5.74) is 8.30. The number of hydrogen-bond acceptors (Lipinski definition) is 3. The molecule has 0 aliphatic carbocycles. The normalized spacial score (nSPS) is 10.7. The highest BCUT2D eigenvalue weighted by atomic mass is 35.5. The number of halogens is 2. The van der Waals surface area contributed by atoms with Crippen molar-refractivity contribution in [3.8, 4) is 11.4 Å². The Balaban J connectivity index is 2.54. The highest BCUT2D eigenvalue weighted by Crippen LogP contribution is 2.24. The van der Waals surface area contributed by atoms with E-state index in [1.54, 1.807) is 6.07 Å². The Kier molecular flexibility index (Phi) is 3.48. The van der Waals surface area contributed by atoms with E-state index in [4.69, 9.17) is 17.3 Å². The third-order valence-electron chi connectivity index (χ3n) is 2.78. The van der Waals surface area contributed by atoms with Crippen LogP contribution in [-0.2, 0) is 6.42 Å². The van der Waals surface area contributed by atoms with Crippen LogP contribution in [0.1, 0.15) is 18.2 Å². The first kappa shape index (κ1) is 12.8. The van der Waals surface area contributed by atoms with Crippen molar-refractivity contribution in [1.29, 1.82) is 0 Å². The number of anilines is 1. The molecule has 2 rings (SSSR count). The van der Waals surface area contributed by atoms with E-state index < -0.39 is 5.82 Å². The van der Waals surface area contributed by atoms with E-state index in [-0.39, 0.29) is 5.02 Å². The van der Waals surface area contributed by atoms with E-state index in [0.29, 0.717) is 17.2 Å². The standard InChI is InChI=1S/C13H13ClFN3/c1-3-9-7(2)17-13(18-12(9)16)8-4-5-11(15)10(14)6-8/h4-6H,3H2,1-2H3,(H2,16,17,18). The monoisotopic (exact) mass is 265 g/mol. The van der Waals surface area contributed by atoms with Crippen LogP contribution in [0.25, 0.3) is 11.4 Å². The first-order valence-electron chi connectivity index (χ1n) is 5.61. The van der Waals surface area contributed by atoms with Crippen molar-refractivity contribution in [3.63, 3.8) is 0 Å². The van der Waals surface area contributed by atoms with Crippen LogP contribution >= 0.6 is 11.6 Å². The molecule has 0 atom stereocenters. The van der Waals surface area contributed by atoms with Gasteiger partial charge in [0, 0.05) is 16.8 Å². The van der Waals surface area contributed by atoms with Crippen LogP contribution < -0.4 is 5.73 Å². The average molecular weight is 266 g/mol. The molecule has 0 amide bonds. The van der Waals surface area contributed by atoms with Gasteiger partial charge in [0.25, 0.3) is 0 Å². The Morgan fingerprint density at radius 2 is 2.06 bits per heavy atom. The number of nitrogens with two attached hydrogens (primary N) is 1. The fraction of sp³-hybridized carbons (Fsp3) is 0.231. The summed E-state index contributed by atoms with van der Waals surface area (Å²) >= 11 is 5.74. The summed E-state index contributed by atoms with van der Waals surface area (Å²) in [6, 6.07) is 4.37. The number of rotatable bonds is 2. The van der Waals surface area contributed by atoms with E-state index in [2.05, 4.69) is 9.97 Å². The molecule has 1 heterocycles. The Bertz CT molecular complexity index is 576. The van der Waals surface area contributed by atoms with Crippen molar-refractivity contribution in [2.45, 2.75) is 20.3 Å². The zero-order valence-electron chi connectivity index (χ0n) is 10.2. The maximum Gasteiger partial charge on any atom is 0.161 e. The van der Waals surface area contributed by atoms with Crippen LogP contribution in [-0.4, -0.2) is 9.97 Å². The number of hydrogen-bond donors (Lipinski definition) is 1. The molecule has 0 radical (unpaired) electrons. The lowest BCUT2D eigenvalue weighted by molar-refractivity contribution is 0.628. The number of nitrogens with zero attached hydrogens (tertiary/aromatic N) is 2. The molecule has 0 aliphatic heterocycles. The molecule has 0 saturated heterocycles. The summed E-state index contributed by atoms with van der Waals surface area (Å²) < 4.78 is 13.1. The molecule has 18 heavy (non-hydrogen) atoms. The summed E-state index contributed by atoms with van der Waals surface area (Å²) in [6.07, 6.45) is 0.780. The number of benzene rings is 1. The molecule has 0 spiro atoms. The molecular formula is C13H13ClFN3. The molecular weight excluding hydrogens is 253 g/mol. The second kappa shape index (κ2) is 4.90. The van der Waals surface area contributed by atoms with Gasteiger partial charge in [0.2, 0.25) is 0 Å². The van der Waals surface area contributed by atoms with Gasteiger partial charge in [0.1, 0.15) is 11.6 Å². The van der Waals surface area contributed by atoms with Gasteiger partial charge in [-0.25, -0.2) is 14.4 Å². The molecule has 0 saturated carbocycles. The Hall–Kier alpha value is -1.68. The summed E-state index contributed by atoms with van der Waals surface area (Å²) in [7, 11) is 0. The second-order valence-corrected chi connectivity index (χ2v) is 4.39. The van der Waals surface area contributed by atoms with Crippen LogP contribution in [0, 0.1) is 12.7 Å². The molecule has 5 heteroatoms. The first-order valence-corrected chi connectivity index (χ1v) is 5.99. The van der Waals surface area contributed by atoms with Crippen LogP contribution in [0.15, 0.2) is 18.2 Å². The summed E-state index contributed by atoms with van der Waals surface area (Å²) in [5.74, 6) is 0.458. The third kappa shape index (κ3) is 2.29. The molecule has 3 nitrogen and oxygen atoms in total. The summed E-state index contributed by atoms with van der Waals surface area (Å²) in [5, 5.41) is 0.0480. The van der Waals surface area contributed by atoms with Gasteiger partial charge in [0.15, 0.2) is 5.82 Å². The minimum atomic E-state index is -0.463. The van der Waals surface area contributed by atoms with Gasteiger partial charge in [-0.2, -0.15) is 0 Å². The molecule has 0 aliphatic rings. The number of aryl methyl sites for hydroxylation is 1. The van der Waals surface area contributed by atoms with Crippen molar-refractivity contribution in [2.75, 3.05) is 5.73 Å². The summed E-state index contributed by atoms with van der Waals surface area (Å²) in [4.78, 5) is 8.61. The van der Waals surface area contributed by atoms with Gasteiger partial charge in [-0.3, -0.25) is 0 Å². The maximum atomic E-state index is 13.1. The maximum absolute atomic E-state index is 13.1. The zero-order chi connectivity index (χ0) is 13.3. The predicted molar refractivity (Wildman–Crippen MR) is 71.0 cm³/mol. The largest absolute Gasteiger partial charge is 0.383 e. The molecule has 0 bridgehead atoms. The van der Waals surface area contributed by atoms with E-state index in [1.165, 1.54) is 12.1 Å². The second-order valence-electron chi connectivity index (χ2n) is 3.98. The number of aromatic nitrogens is 2. The third-order valence-corrected chi connectivity index (χ3v) is 3.07. The predicted octanol–water partition coefficient (Wildman–Crippen LogP) is 3.39. The van der Waals surface area contributed by atoms with Crippen molar-refractivity contribution in [1.82, 2.24) is 9.97 Å². The lowest BCUT2D eigenvalue weighted by Crippen LogP contribution is -2.04. The SMILES string of the molecule is CCc1c(C)nc(-c2ccc(F)c(Cl)c2)nc1N. The van der Waals surface area contributed by atoms with Gasteiger partial charge in [0.05, 0.1) is 5.02 Å². The average Bonchev–Trinajstić information content (AvgIpc) is 2.32. The molecule has 1 aromatic carbocycles. The van der Waals surface area contributed by atoms with Crippen LogP contribution in [0.5, 0.6) is 0 Å². The van der Waals surface area contributed by atoms with E-state index >= 15 is 0 Å². The topological polar surface area (TPSA) is 51.8 Å². The van der Waals surface area contributed by atoms with E-state index in [0.717, 1.165) is 17.7 Å². The van der Waals surface area contributed by atoms with Gasteiger partial charge in [-0.05, 0) is 31.5 Å². The fourth-order valence-corrected chi connectivity index (χ4v) is 2.00. The minimum absolute atomic E-state index is 0.0480. The van der Waals surface area contributed by atoms with Crippen LogP contribution in [0.3, 0.4) is 0 Å². The van der Waals surface area contributed by atoms with E-state index in [1.807, 2.05) is 13.8 Å². The molecule has 1 aromatic heterocycles. The van der Waals surface area contributed by atoms with Crippen LogP contribution in [0.2, 0.25) is 5.02 Å². The van der Waals surface area contributed by atoms with Gasteiger partial charge in [-0.15, -0.1) is 0 Å². The minimum Gasteiger partial charge on any atom is -0.383 e. The molecule has 2 aromatic rings. The summed E-state index contributed by atoms with van der Waals surface area (Å²) in [6.45, 7) is 3.88. The lowest BCUT2D eigenvalue weighted by Gasteiger charge is -2.09. The van der Waals surface area contributed by atoms with E-state index in [9.17, 15) is 4.39 Å². The van der Waals surface area contributed by atoms with Crippen molar-refractivity contribution >= 4 is 17.4 Å². The zero-order valence-corrected chi connectivity index (χ0v) is 10.9. The van der Waals surface area contributed by atoms with Crippen molar-refractivity contribution in [2.24, 2.45) is 0 Å². The molecule has 94 valence electrons. The van der Waals surface area contributed by atoms with Crippen molar-refractivity contribution in [3.05, 3.63) is 40.3 Å². The smallest absolute Gasteiger partial charge is 0.161 e. The Morgan fingerprint density at radius 3 is 2.61 bits per heavy atom. The fourth-order valence-electron chi connectivity index (χ4n) is 1.82. The highest BCUT2D eigenvalue weighted by Gasteiger charge is 2.10.